The molecule has 2 heterocycles. The van der Waals surface area contributed by atoms with E-state index in [1.807, 2.05) is 0 Å². The zero-order valence-corrected chi connectivity index (χ0v) is 18.6. The Bertz CT molecular complexity index is 689. The van der Waals surface area contributed by atoms with Gasteiger partial charge in [-0.3, -0.25) is 28.1 Å². The molecular weight excluding hydrogens is 391 g/mol. The summed E-state index contributed by atoms with van der Waals surface area (Å²) in [5.41, 5.74) is 5.01. The molecule has 1 saturated heterocycles. The number of carbonyl (C=O) groups is 2. The highest BCUT2D eigenvalue weighted by molar-refractivity contribution is 8.00. The van der Waals surface area contributed by atoms with Gasteiger partial charge < -0.3 is 10.5 Å². The number of nitrogens with zero attached hydrogens (tertiary/aromatic N) is 1. The third-order valence-corrected chi connectivity index (χ3v) is 7.54. The van der Waals surface area contributed by atoms with Gasteiger partial charge in [0.2, 0.25) is 5.91 Å². The highest BCUT2D eigenvalue weighted by Crippen LogP contribution is 2.65. The summed E-state index contributed by atoms with van der Waals surface area (Å²) < 4.78 is 30.9. The van der Waals surface area contributed by atoms with Crippen molar-refractivity contribution in [3.8, 4) is 0 Å². The summed E-state index contributed by atoms with van der Waals surface area (Å²) in [7, 11) is -3.94. The second-order valence-corrected chi connectivity index (χ2v) is 11.4. The molecule has 1 amide bonds. The number of fused-ring (bicyclic) bond motifs is 1. The summed E-state index contributed by atoms with van der Waals surface area (Å²) in [6.45, 7) is 11.8. The molecular formula is C17H29N2O6PS. The van der Waals surface area contributed by atoms with Crippen molar-refractivity contribution in [3.63, 3.8) is 0 Å². The van der Waals surface area contributed by atoms with E-state index >= 15 is 0 Å². The van der Waals surface area contributed by atoms with Crippen molar-refractivity contribution in [2.45, 2.75) is 71.1 Å². The van der Waals surface area contributed by atoms with E-state index in [1.165, 1.54) is 23.6 Å². The molecule has 0 spiro atoms. The van der Waals surface area contributed by atoms with Crippen molar-refractivity contribution in [2.24, 2.45) is 5.73 Å². The summed E-state index contributed by atoms with van der Waals surface area (Å²) >= 11 is 1.44. The lowest BCUT2D eigenvalue weighted by Crippen LogP contribution is -2.67. The molecule has 1 fully saturated rings. The fraction of sp³-hybridized carbons (Fsp3) is 0.765. The van der Waals surface area contributed by atoms with Crippen molar-refractivity contribution < 1.29 is 27.9 Å². The average Bonchev–Trinajstić information content (AvgIpc) is 2.47. The number of amides is 1. The molecule has 8 nitrogen and oxygen atoms in total. The van der Waals surface area contributed by atoms with Crippen molar-refractivity contribution in [2.75, 3.05) is 12.4 Å². The van der Waals surface area contributed by atoms with Crippen LogP contribution < -0.4 is 5.73 Å². The van der Waals surface area contributed by atoms with Crippen LogP contribution in [0.15, 0.2) is 11.0 Å². The van der Waals surface area contributed by atoms with E-state index in [1.54, 1.807) is 41.5 Å². The van der Waals surface area contributed by atoms with E-state index in [2.05, 4.69) is 0 Å². The number of nitrogens with two attached hydrogens (primary N) is 1. The van der Waals surface area contributed by atoms with Gasteiger partial charge in [0.1, 0.15) is 23.5 Å². The highest BCUT2D eigenvalue weighted by Gasteiger charge is 2.56. The zero-order valence-electron chi connectivity index (χ0n) is 16.9. The Labute approximate surface area is 164 Å². The van der Waals surface area contributed by atoms with Gasteiger partial charge in [0.25, 0.3) is 0 Å². The Kier molecular flexibility index (Phi) is 6.25. The molecule has 2 rings (SSSR count). The van der Waals surface area contributed by atoms with Gasteiger partial charge in [0.15, 0.2) is 0 Å². The van der Waals surface area contributed by atoms with Crippen molar-refractivity contribution in [3.05, 3.63) is 11.0 Å². The number of thioether (sulfide) groups is 1. The Balaban J connectivity index is 2.57. The monoisotopic (exact) mass is 420 g/mol. The standard InChI is InChI=1S/C17H29N2O6PS/c1-10(20)23-8-11-9-27-15-12(18)13(21)19(15)14(11)26(22,24-16(2,3)4)25-17(5,6)7/h12,15H,8-9,18H2,1-7H3/t12-,15+/m1/s1. The Morgan fingerprint density at radius 1 is 1.22 bits per heavy atom. The minimum atomic E-state index is -3.94. The van der Waals surface area contributed by atoms with Crippen molar-refractivity contribution in [1.82, 2.24) is 4.90 Å². The lowest BCUT2D eigenvalue weighted by atomic mass is 10.1. The predicted octanol–water partition coefficient (Wildman–Crippen LogP) is 2.83. The van der Waals surface area contributed by atoms with Crippen molar-refractivity contribution in [1.29, 1.82) is 0 Å². The van der Waals surface area contributed by atoms with Crippen LogP contribution in [0.25, 0.3) is 0 Å². The molecule has 2 atom stereocenters. The number of carbonyl (C=O) groups excluding carboxylic acids is 2. The summed E-state index contributed by atoms with van der Waals surface area (Å²) in [6.07, 6.45) is 0. The number of β-lactam (4-membered cyclic amide) rings is 1. The second-order valence-electron chi connectivity index (χ2n) is 8.55. The molecule has 0 aromatic carbocycles. The lowest BCUT2D eigenvalue weighted by molar-refractivity contribution is -0.141. The van der Waals surface area contributed by atoms with Crippen LogP contribution in [-0.2, 0) is 27.9 Å². The first-order valence-electron chi connectivity index (χ1n) is 8.72. The summed E-state index contributed by atoms with van der Waals surface area (Å²) in [5, 5.41) is -0.339. The molecule has 0 aromatic rings. The van der Waals surface area contributed by atoms with Gasteiger partial charge in [-0.2, -0.15) is 0 Å². The van der Waals surface area contributed by atoms with Gasteiger partial charge in [-0.25, -0.2) is 0 Å². The summed E-state index contributed by atoms with van der Waals surface area (Å²) in [5.74, 6) is -0.405. The van der Waals surface area contributed by atoms with Crippen LogP contribution in [0.5, 0.6) is 0 Å². The average molecular weight is 420 g/mol. The fourth-order valence-corrected chi connectivity index (χ4v) is 6.89. The molecule has 2 aliphatic rings. The van der Waals surface area contributed by atoms with Gasteiger partial charge >= 0.3 is 13.6 Å². The smallest absolute Gasteiger partial charge is 0.378 e. The molecule has 0 saturated carbocycles. The molecule has 0 aliphatic carbocycles. The van der Waals surface area contributed by atoms with Crippen LogP contribution in [0.1, 0.15) is 48.5 Å². The first-order chi connectivity index (χ1) is 12.1. The minimum absolute atomic E-state index is 0.0889. The minimum Gasteiger partial charge on any atom is -0.461 e. The van der Waals surface area contributed by atoms with Gasteiger partial charge in [0, 0.05) is 18.2 Å². The largest absolute Gasteiger partial charge is 0.461 e. The van der Waals surface area contributed by atoms with E-state index in [0.29, 0.717) is 11.3 Å². The third-order valence-electron chi connectivity index (χ3n) is 3.55. The van der Waals surface area contributed by atoms with Crippen molar-refractivity contribution >= 4 is 31.2 Å². The topological polar surface area (TPSA) is 108 Å². The Morgan fingerprint density at radius 3 is 2.19 bits per heavy atom. The highest BCUT2D eigenvalue weighted by atomic mass is 32.2. The van der Waals surface area contributed by atoms with Gasteiger partial charge in [-0.05, 0) is 41.5 Å². The molecule has 2 aliphatic heterocycles. The zero-order chi connectivity index (χ0) is 20.8. The van der Waals surface area contributed by atoms with Crippen LogP contribution >= 0.6 is 19.4 Å². The number of hydrogen-bond donors (Lipinski definition) is 1. The number of rotatable bonds is 5. The van der Waals surface area contributed by atoms with Crippen LogP contribution in [-0.4, -0.2) is 51.8 Å². The van der Waals surface area contributed by atoms with E-state index in [9.17, 15) is 14.2 Å². The molecule has 0 radical (unpaired) electrons. The van der Waals surface area contributed by atoms with Crippen LogP contribution in [0.4, 0.5) is 0 Å². The quantitative estimate of drug-likeness (QED) is 0.411. The molecule has 0 unspecified atom stereocenters. The SMILES string of the molecule is CC(=O)OCC1=C(P(=O)(OC(C)(C)C)OC(C)(C)C)N2C(=O)[C@@H](N)[C@@H]2SC1. The number of ether oxygens (including phenoxy) is 1. The molecule has 154 valence electrons. The van der Waals surface area contributed by atoms with Crippen LogP contribution in [0.3, 0.4) is 0 Å². The molecule has 27 heavy (non-hydrogen) atoms. The Morgan fingerprint density at radius 2 is 1.74 bits per heavy atom. The first-order valence-corrected chi connectivity index (χ1v) is 11.3. The maximum absolute atomic E-state index is 14.0. The van der Waals surface area contributed by atoms with E-state index < -0.39 is 30.8 Å². The number of hydrogen-bond acceptors (Lipinski definition) is 8. The second kappa shape index (κ2) is 7.52. The molecule has 2 N–H and O–H groups in total. The Hall–Kier alpha value is -0.860. The maximum atomic E-state index is 14.0. The van der Waals surface area contributed by atoms with Crippen LogP contribution in [0, 0.1) is 0 Å². The predicted molar refractivity (Wildman–Crippen MR) is 104 cm³/mol. The summed E-state index contributed by atoms with van der Waals surface area (Å²) in [6, 6.07) is -0.669. The van der Waals surface area contributed by atoms with Gasteiger partial charge in [-0.15, -0.1) is 11.8 Å². The van der Waals surface area contributed by atoms with Crippen LogP contribution in [0.2, 0.25) is 0 Å². The van der Waals surface area contributed by atoms with E-state index in [-0.39, 0.29) is 23.3 Å². The molecule has 0 bridgehead atoms. The fourth-order valence-electron chi connectivity index (χ4n) is 2.76. The maximum Gasteiger partial charge on any atom is 0.378 e. The normalized spacial score (nSPS) is 23.9. The summed E-state index contributed by atoms with van der Waals surface area (Å²) in [4.78, 5) is 25.2. The lowest BCUT2D eigenvalue weighted by Gasteiger charge is -2.50. The van der Waals surface area contributed by atoms with E-state index in [0.717, 1.165) is 0 Å². The third kappa shape index (κ3) is 5.15. The van der Waals surface area contributed by atoms with Gasteiger partial charge in [-0.1, -0.05) is 0 Å². The molecule has 0 aromatic heterocycles. The molecule has 10 heteroatoms. The first kappa shape index (κ1) is 22.4. The number of esters is 1. The van der Waals surface area contributed by atoms with Gasteiger partial charge in [0.05, 0.1) is 11.2 Å². The van der Waals surface area contributed by atoms with E-state index in [4.69, 9.17) is 19.5 Å².